The monoisotopic (exact) mass is 283 g/mol. The average molecular weight is 283 g/mol. The molecule has 0 aromatic heterocycles. The third-order valence-corrected chi connectivity index (χ3v) is 3.24. The van der Waals surface area contributed by atoms with E-state index in [9.17, 15) is 4.79 Å². The van der Waals surface area contributed by atoms with Gasteiger partial charge in [0.1, 0.15) is 5.75 Å². The maximum absolute atomic E-state index is 12.6. The van der Waals surface area contributed by atoms with Gasteiger partial charge >= 0.3 is 0 Å². The molecule has 0 heterocycles. The molecule has 110 valence electrons. The molecule has 0 fully saturated rings. The predicted molar refractivity (Wildman–Crippen MR) is 84.9 cm³/mol. The van der Waals surface area contributed by atoms with Crippen LogP contribution in [0, 0.1) is 0 Å². The zero-order chi connectivity index (χ0) is 15.1. The van der Waals surface area contributed by atoms with Gasteiger partial charge in [0.05, 0.1) is 12.2 Å². The molecule has 2 aromatic carbocycles. The van der Waals surface area contributed by atoms with Crippen molar-refractivity contribution in [3.63, 3.8) is 0 Å². The molecule has 3 heteroatoms. The van der Waals surface area contributed by atoms with Gasteiger partial charge in [-0.25, -0.2) is 0 Å². The Kier molecular flexibility index (Phi) is 5.52. The highest BCUT2D eigenvalue weighted by Gasteiger charge is 2.14. The van der Waals surface area contributed by atoms with Crippen molar-refractivity contribution < 1.29 is 9.53 Å². The second-order valence-electron chi connectivity index (χ2n) is 4.91. The van der Waals surface area contributed by atoms with Crippen molar-refractivity contribution in [1.29, 1.82) is 0 Å². The molecule has 0 aliphatic rings. The summed E-state index contributed by atoms with van der Waals surface area (Å²) in [7, 11) is 0. The van der Waals surface area contributed by atoms with Gasteiger partial charge in [0.2, 0.25) is 0 Å². The zero-order valence-corrected chi connectivity index (χ0v) is 12.3. The van der Waals surface area contributed by atoms with E-state index in [4.69, 9.17) is 10.5 Å². The van der Waals surface area contributed by atoms with Crippen LogP contribution in [0.2, 0.25) is 0 Å². The van der Waals surface area contributed by atoms with Gasteiger partial charge < -0.3 is 10.5 Å². The molecule has 0 bridgehead atoms. The highest BCUT2D eigenvalue weighted by atomic mass is 16.5. The van der Waals surface area contributed by atoms with Crippen LogP contribution in [0.1, 0.15) is 34.8 Å². The first-order valence-corrected chi connectivity index (χ1v) is 7.31. The second kappa shape index (κ2) is 7.60. The van der Waals surface area contributed by atoms with Crippen LogP contribution in [0.15, 0.2) is 48.5 Å². The van der Waals surface area contributed by atoms with E-state index in [0.29, 0.717) is 30.0 Å². The summed E-state index contributed by atoms with van der Waals surface area (Å²) >= 11 is 0. The third-order valence-electron chi connectivity index (χ3n) is 3.24. The molecule has 2 rings (SSSR count). The number of ether oxygens (including phenoxy) is 1. The molecular weight excluding hydrogens is 262 g/mol. The fourth-order valence-corrected chi connectivity index (χ4v) is 2.14. The van der Waals surface area contributed by atoms with Crippen LogP contribution in [-0.4, -0.2) is 18.9 Å². The normalized spacial score (nSPS) is 10.4. The van der Waals surface area contributed by atoms with E-state index >= 15 is 0 Å². The maximum atomic E-state index is 12.6. The Morgan fingerprint density at radius 2 is 1.81 bits per heavy atom. The van der Waals surface area contributed by atoms with Gasteiger partial charge in [-0.2, -0.15) is 0 Å². The van der Waals surface area contributed by atoms with Crippen LogP contribution in [0.3, 0.4) is 0 Å². The van der Waals surface area contributed by atoms with Crippen molar-refractivity contribution in [2.45, 2.75) is 19.8 Å². The maximum Gasteiger partial charge on any atom is 0.196 e. The van der Waals surface area contributed by atoms with Crippen LogP contribution in [-0.2, 0) is 6.42 Å². The van der Waals surface area contributed by atoms with Crippen LogP contribution in [0.25, 0.3) is 0 Å². The van der Waals surface area contributed by atoms with Crippen LogP contribution in [0.5, 0.6) is 5.75 Å². The number of rotatable bonds is 7. The average Bonchev–Trinajstić information content (AvgIpc) is 2.53. The number of benzene rings is 2. The van der Waals surface area contributed by atoms with E-state index in [1.165, 1.54) is 0 Å². The molecule has 0 saturated heterocycles. The second-order valence-corrected chi connectivity index (χ2v) is 4.91. The molecule has 0 saturated carbocycles. The minimum Gasteiger partial charge on any atom is -0.493 e. The summed E-state index contributed by atoms with van der Waals surface area (Å²) in [6, 6.07) is 15.0. The standard InChI is InChI=1S/C18H21NO2/c1-2-13-21-17-6-4-3-5-16(17)18(20)15-9-7-14(8-10-15)11-12-19/h3-10H,2,11-13,19H2,1H3. The predicted octanol–water partition coefficient (Wildman–Crippen LogP) is 3.21. The third kappa shape index (κ3) is 3.92. The molecule has 0 spiro atoms. The largest absolute Gasteiger partial charge is 0.493 e. The van der Waals surface area contributed by atoms with E-state index in [2.05, 4.69) is 0 Å². The topological polar surface area (TPSA) is 52.3 Å². The summed E-state index contributed by atoms with van der Waals surface area (Å²) < 4.78 is 5.65. The molecule has 0 amide bonds. The first-order chi connectivity index (χ1) is 10.3. The lowest BCUT2D eigenvalue weighted by Gasteiger charge is -2.10. The highest BCUT2D eigenvalue weighted by Crippen LogP contribution is 2.22. The van der Waals surface area contributed by atoms with Gasteiger partial charge in [0.15, 0.2) is 5.78 Å². The van der Waals surface area contributed by atoms with Crippen molar-refractivity contribution in [2.75, 3.05) is 13.2 Å². The Balaban J connectivity index is 2.23. The fraction of sp³-hybridized carbons (Fsp3) is 0.278. The molecule has 0 radical (unpaired) electrons. The summed E-state index contributed by atoms with van der Waals surface area (Å²) in [5.74, 6) is 0.636. The molecule has 2 aromatic rings. The number of hydrogen-bond acceptors (Lipinski definition) is 3. The smallest absolute Gasteiger partial charge is 0.196 e. The SMILES string of the molecule is CCCOc1ccccc1C(=O)c1ccc(CCN)cc1. The molecule has 21 heavy (non-hydrogen) atoms. The van der Waals surface area contributed by atoms with E-state index in [-0.39, 0.29) is 5.78 Å². The summed E-state index contributed by atoms with van der Waals surface area (Å²) in [5, 5.41) is 0. The minimum atomic E-state index is -0.0130. The fourth-order valence-electron chi connectivity index (χ4n) is 2.14. The van der Waals surface area contributed by atoms with Crippen molar-refractivity contribution in [3.05, 3.63) is 65.2 Å². The van der Waals surface area contributed by atoms with Crippen molar-refractivity contribution in [1.82, 2.24) is 0 Å². The van der Waals surface area contributed by atoms with E-state index in [0.717, 1.165) is 18.4 Å². The Bertz CT molecular complexity index is 590. The van der Waals surface area contributed by atoms with Gasteiger partial charge in [0.25, 0.3) is 0 Å². The Labute approximate surface area is 125 Å². The van der Waals surface area contributed by atoms with Gasteiger partial charge in [-0.15, -0.1) is 0 Å². The number of hydrogen-bond donors (Lipinski definition) is 1. The van der Waals surface area contributed by atoms with Crippen LogP contribution in [0.4, 0.5) is 0 Å². The van der Waals surface area contributed by atoms with E-state index in [1.54, 1.807) is 6.07 Å². The molecule has 0 aliphatic carbocycles. The van der Waals surface area contributed by atoms with Crippen molar-refractivity contribution in [2.24, 2.45) is 5.73 Å². The number of carbonyl (C=O) groups excluding carboxylic acids is 1. The van der Waals surface area contributed by atoms with Crippen molar-refractivity contribution >= 4 is 5.78 Å². The summed E-state index contributed by atoms with van der Waals surface area (Å²) in [4.78, 5) is 12.6. The highest BCUT2D eigenvalue weighted by molar-refractivity contribution is 6.10. The number of ketones is 1. The molecule has 0 aliphatic heterocycles. The molecule has 0 unspecified atom stereocenters. The lowest BCUT2D eigenvalue weighted by atomic mass is 10.0. The Morgan fingerprint density at radius 1 is 1.10 bits per heavy atom. The summed E-state index contributed by atoms with van der Waals surface area (Å²) in [6.45, 7) is 3.27. The number of para-hydroxylation sites is 1. The summed E-state index contributed by atoms with van der Waals surface area (Å²) in [6.07, 6.45) is 1.74. The lowest BCUT2D eigenvalue weighted by molar-refractivity contribution is 0.103. The number of nitrogens with two attached hydrogens (primary N) is 1. The van der Waals surface area contributed by atoms with E-state index in [1.807, 2.05) is 49.4 Å². The lowest BCUT2D eigenvalue weighted by Crippen LogP contribution is -2.07. The quantitative estimate of drug-likeness (QED) is 0.794. The first kappa shape index (κ1) is 15.3. The van der Waals surface area contributed by atoms with Gasteiger partial charge in [0, 0.05) is 5.56 Å². The van der Waals surface area contributed by atoms with Crippen LogP contribution < -0.4 is 10.5 Å². The minimum absolute atomic E-state index is 0.0130. The van der Waals surface area contributed by atoms with Gasteiger partial charge in [-0.05, 0) is 37.1 Å². The van der Waals surface area contributed by atoms with Crippen LogP contribution >= 0.6 is 0 Å². The molecule has 0 atom stereocenters. The van der Waals surface area contributed by atoms with Gasteiger partial charge in [-0.1, -0.05) is 43.3 Å². The molecular formula is C18H21NO2. The van der Waals surface area contributed by atoms with E-state index < -0.39 is 0 Å². The summed E-state index contributed by atoms with van der Waals surface area (Å²) in [5.41, 5.74) is 7.95. The first-order valence-electron chi connectivity index (χ1n) is 7.31. The Hall–Kier alpha value is -2.13. The van der Waals surface area contributed by atoms with Gasteiger partial charge in [-0.3, -0.25) is 4.79 Å². The number of carbonyl (C=O) groups is 1. The Morgan fingerprint density at radius 3 is 2.48 bits per heavy atom. The van der Waals surface area contributed by atoms with Crippen molar-refractivity contribution in [3.8, 4) is 5.75 Å². The molecule has 2 N–H and O–H groups in total. The molecule has 3 nitrogen and oxygen atoms in total. The zero-order valence-electron chi connectivity index (χ0n) is 12.3.